The molecule has 0 atom stereocenters. The number of piperidine rings is 1. The van der Waals surface area contributed by atoms with Gasteiger partial charge in [-0.25, -0.2) is 4.98 Å². The lowest BCUT2D eigenvalue weighted by Gasteiger charge is -2.30. The first-order chi connectivity index (χ1) is 9.78. The lowest BCUT2D eigenvalue weighted by molar-refractivity contribution is -0.129. The fourth-order valence-corrected chi connectivity index (χ4v) is 3.08. The number of hydrogen-bond acceptors (Lipinski definition) is 4. The van der Waals surface area contributed by atoms with Gasteiger partial charge in [-0.05, 0) is 31.2 Å². The molecule has 0 radical (unpaired) electrons. The summed E-state index contributed by atoms with van der Waals surface area (Å²) >= 11 is 1.58. The van der Waals surface area contributed by atoms with Gasteiger partial charge in [0.25, 0.3) is 0 Å². The van der Waals surface area contributed by atoms with E-state index in [9.17, 15) is 4.79 Å². The second kappa shape index (κ2) is 5.87. The molecular weight excluding hydrogens is 272 g/mol. The highest BCUT2D eigenvalue weighted by molar-refractivity contribution is 7.99. The van der Waals surface area contributed by atoms with Gasteiger partial charge >= 0.3 is 0 Å². The van der Waals surface area contributed by atoms with Crippen LogP contribution in [0.15, 0.2) is 28.7 Å². The van der Waals surface area contributed by atoms with E-state index in [-0.39, 0.29) is 5.91 Å². The van der Waals surface area contributed by atoms with E-state index in [0.29, 0.717) is 11.7 Å². The molecular formula is C15H18N2O2S. The van der Waals surface area contributed by atoms with E-state index < -0.39 is 0 Å². The first kappa shape index (κ1) is 13.5. The van der Waals surface area contributed by atoms with Crippen LogP contribution in [-0.2, 0) is 4.79 Å². The fourth-order valence-electron chi connectivity index (χ4n) is 2.66. The molecule has 1 aromatic heterocycles. The van der Waals surface area contributed by atoms with Crippen LogP contribution >= 0.6 is 11.8 Å². The number of oxazole rings is 1. The van der Waals surface area contributed by atoms with E-state index in [1.807, 2.05) is 35.4 Å². The average molecular weight is 290 g/mol. The van der Waals surface area contributed by atoms with Crippen molar-refractivity contribution in [3.63, 3.8) is 0 Å². The Morgan fingerprint density at radius 2 is 2.15 bits per heavy atom. The summed E-state index contributed by atoms with van der Waals surface area (Å²) < 4.78 is 5.83. The van der Waals surface area contributed by atoms with Crippen molar-refractivity contribution < 1.29 is 9.21 Å². The minimum absolute atomic E-state index is 0.244. The second-order valence-electron chi connectivity index (χ2n) is 5.11. The van der Waals surface area contributed by atoms with Crippen molar-refractivity contribution >= 4 is 28.8 Å². The lowest BCUT2D eigenvalue weighted by atomic mass is 9.97. The number of nitrogens with zero attached hydrogens (tertiary/aromatic N) is 2. The third kappa shape index (κ3) is 2.68. The van der Waals surface area contributed by atoms with E-state index in [1.54, 1.807) is 11.8 Å². The number of amides is 1. The summed E-state index contributed by atoms with van der Waals surface area (Å²) in [4.78, 5) is 18.4. The second-order valence-corrected chi connectivity index (χ2v) is 5.97. The molecule has 3 rings (SSSR count). The third-order valence-electron chi connectivity index (χ3n) is 3.78. The van der Waals surface area contributed by atoms with Crippen LogP contribution in [0.2, 0.25) is 0 Å². The van der Waals surface area contributed by atoms with Crippen molar-refractivity contribution in [1.29, 1.82) is 0 Å². The van der Waals surface area contributed by atoms with Gasteiger partial charge < -0.3 is 9.32 Å². The van der Waals surface area contributed by atoms with Crippen molar-refractivity contribution in [3.05, 3.63) is 30.2 Å². The van der Waals surface area contributed by atoms with Crippen LogP contribution in [0.4, 0.5) is 0 Å². The zero-order valence-electron chi connectivity index (χ0n) is 11.5. The number of thioether (sulfide) groups is 1. The molecule has 0 N–H and O–H groups in total. The number of hydrogen-bond donors (Lipinski definition) is 0. The Hall–Kier alpha value is -1.49. The highest BCUT2D eigenvalue weighted by atomic mass is 32.2. The maximum atomic E-state index is 11.8. The molecule has 2 aromatic rings. The van der Waals surface area contributed by atoms with Gasteiger partial charge in [0, 0.05) is 19.0 Å². The lowest BCUT2D eigenvalue weighted by Crippen LogP contribution is -2.38. The number of benzene rings is 1. The quantitative estimate of drug-likeness (QED) is 0.872. The molecule has 0 unspecified atom stereocenters. The van der Waals surface area contributed by atoms with Gasteiger partial charge in [0.1, 0.15) is 5.52 Å². The maximum absolute atomic E-state index is 11.8. The van der Waals surface area contributed by atoms with Crippen LogP contribution in [0.3, 0.4) is 0 Å². The molecule has 4 nitrogen and oxygen atoms in total. The van der Waals surface area contributed by atoms with E-state index >= 15 is 0 Å². The molecule has 1 saturated heterocycles. The van der Waals surface area contributed by atoms with E-state index in [2.05, 4.69) is 4.98 Å². The highest BCUT2D eigenvalue weighted by Gasteiger charge is 2.26. The largest absolute Gasteiger partial charge is 0.440 e. The van der Waals surface area contributed by atoms with Gasteiger partial charge in [0.2, 0.25) is 5.91 Å². The first-order valence-electron chi connectivity index (χ1n) is 6.90. The SMILES string of the molecule is CSCC(=O)N1CCC(c2nc3ccccc3o2)CC1. The predicted octanol–water partition coefficient (Wildman–Crippen LogP) is 2.90. The number of likely N-dealkylation sites (tertiary alicyclic amines) is 1. The summed E-state index contributed by atoms with van der Waals surface area (Å²) in [5, 5.41) is 0. The third-order valence-corrected chi connectivity index (χ3v) is 4.31. The molecule has 0 bridgehead atoms. The molecule has 1 fully saturated rings. The number of fused-ring (bicyclic) bond motifs is 1. The Labute approximate surface area is 122 Å². The molecule has 1 aliphatic heterocycles. The molecule has 5 heteroatoms. The Morgan fingerprint density at radius 3 is 2.85 bits per heavy atom. The van der Waals surface area contributed by atoms with Crippen molar-refractivity contribution in [1.82, 2.24) is 9.88 Å². The first-order valence-corrected chi connectivity index (χ1v) is 8.29. The zero-order valence-corrected chi connectivity index (χ0v) is 12.4. The molecule has 0 spiro atoms. The van der Waals surface area contributed by atoms with E-state index in [4.69, 9.17) is 4.42 Å². The zero-order chi connectivity index (χ0) is 13.9. The molecule has 2 heterocycles. The summed E-state index contributed by atoms with van der Waals surface area (Å²) in [6.45, 7) is 1.62. The monoisotopic (exact) mass is 290 g/mol. The van der Waals surface area contributed by atoms with Crippen molar-refractivity contribution in [2.75, 3.05) is 25.1 Å². The average Bonchev–Trinajstić information content (AvgIpc) is 2.91. The minimum atomic E-state index is 0.244. The van der Waals surface area contributed by atoms with Crippen LogP contribution in [0.5, 0.6) is 0 Å². The number of rotatable bonds is 3. The minimum Gasteiger partial charge on any atom is -0.440 e. The van der Waals surface area contributed by atoms with Gasteiger partial charge in [0.05, 0.1) is 5.75 Å². The number of para-hydroxylation sites is 2. The van der Waals surface area contributed by atoms with Gasteiger partial charge in [-0.3, -0.25) is 4.79 Å². The van der Waals surface area contributed by atoms with Crippen LogP contribution < -0.4 is 0 Å². The molecule has 0 saturated carbocycles. The maximum Gasteiger partial charge on any atom is 0.232 e. The van der Waals surface area contributed by atoms with Crippen LogP contribution in [-0.4, -0.2) is 40.9 Å². The van der Waals surface area contributed by atoms with Gasteiger partial charge in [-0.2, -0.15) is 11.8 Å². The van der Waals surface area contributed by atoms with Gasteiger partial charge in [0.15, 0.2) is 11.5 Å². The van der Waals surface area contributed by atoms with E-state index in [1.165, 1.54) is 0 Å². The Bertz CT molecular complexity index is 570. The number of carbonyl (C=O) groups excluding carboxylic acids is 1. The molecule has 20 heavy (non-hydrogen) atoms. The van der Waals surface area contributed by atoms with Crippen molar-refractivity contribution in [3.8, 4) is 0 Å². The highest BCUT2D eigenvalue weighted by Crippen LogP contribution is 2.29. The van der Waals surface area contributed by atoms with Crippen molar-refractivity contribution in [2.24, 2.45) is 0 Å². The smallest absolute Gasteiger partial charge is 0.232 e. The van der Waals surface area contributed by atoms with Crippen LogP contribution in [0, 0.1) is 0 Å². The molecule has 106 valence electrons. The molecule has 0 aliphatic carbocycles. The normalized spacial score (nSPS) is 16.8. The number of carbonyl (C=O) groups is 1. The number of aromatic nitrogens is 1. The summed E-state index contributed by atoms with van der Waals surface area (Å²) in [5.41, 5.74) is 1.77. The standard InChI is InChI=1S/C15H18N2O2S/c1-20-10-14(18)17-8-6-11(7-9-17)15-16-12-4-2-3-5-13(12)19-15/h2-5,11H,6-10H2,1H3. The summed E-state index contributed by atoms with van der Waals surface area (Å²) in [6, 6.07) is 7.85. The van der Waals surface area contributed by atoms with E-state index in [0.717, 1.165) is 42.9 Å². The summed E-state index contributed by atoms with van der Waals surface area (Å²) in [6.07, 6.45) is 3.84. The van der Waals surface area contributed by atoms with Crippen molar-refractivity contribution in [2.45, 2.75) is 18.8 Å². The predicted molar refractivity (Wildman–Crippen MR) is 80.9 cm³/mol. The fraction of sp³-hybridized carbons (Fsp3) is 0.467. The molecule has 1 aromatic carbocycles. The Balaban J connectivity index is 1.67. The van der Waals surface area contributed by atoms with Gasteiger partial charge in [-0.15, -0.1) is 0 Å². The summed E-state index contributed by atoms with van der Waals surface area (Å²) in [7, 11) is 0. The topological polar surface area (TPSA) is 46.3 Å². The Kier molecular flexibility index (Phi) is 3.96. The Morgan fingerprint density at radius 1 is 1.40 bits per heavy atom. The molecule has 1 amide bonds. The van der Waals surface area contributed by atoms with Crippen LogP contribution in [0.25, 0.3) is 11.1 Å². The van der Waals surface area contributed by atoms with Crippen LogP contribution in [0.1, 0.15) is 24.7 Å². The van der Waals surface area contributed by atoms with Gasteiger partial charge in [-0.1, -0.05) is 12.1 Å². The summed E-state index contributed by atoms with van der Waals surface area (Å²) in [5.74, 6) is 1.98. The molecule has 1 aliphatic rings.